The van der Waals surface area contributed by atoms with Crippen molar-refractivity contribution in [2.45, 2.75) is 45.3 Å². The highest BCUT2D eigenvalue weighted by atomic mass is 32.1. The summed E-state index contributed by atoms with van der Waals surface area (Å²) in [5.74, 6) is -0.253. The first-order chi connectivity index (χ1) is 11.5. The third-order valence-electron chi connectivity index (χ3n) is 4.93. The fourth-order valence-corrected chi connectivity index (χ4v) is 4.34. The number of carbonyl (C=O) groups is 1. The maximum atomic E-state index is 13.0. The summed E-state index contributed by atoms with van der Waals surface area (Å²) in [6, 6.07) is 8.36. The van der Waals surface area contributed by atoms with Gasteiger partial charge in [-0.1, -0.05) is 12.1 Å². The first kappa shape index (κ1) is 17.1. The van der Waals surface area contributed by atoms with Crippen molar-refractivity contribution >= 4 is 17.2 Å². The van der Waals surface area contributed by atoms with Crippen LogP contribution in [0.3, 0.4) is 0 Å². The molecule has 0 unspecified atom stereocenters. The minimum Gasteiger partial charge on any atom is -0.348 e. The Kier molecular flexibility index (Phi) is 5.01. The van der Waals surface area contributed by atoms with E-state index in [-0.39, 0.29) is 29.8 Å². The zero-order valence-corrected chi connectivity index (χ0v) is 15.1. The Labute approximate surface area is 146 Å². The van der Waals surface area contributed by atoms with Crippen LogP contribution in [0.5, 0.6) is 0 Å². The molecule has 0 saturated heterocycles. The molecule has 0 aliphatic carbocycles. The Bertz CT molecular complexity index is 712. The van der Waals surface area contributed by atoms with Crippen molar-refractivity contribution in [1.29, 1.82) is 0 Å². The molecular weight excluding hydrogens is 323 g/mol. The van der Waals surface area contributed by atoms with E-state index in [2.05, 4.69) is 28.6 Å². The van der Waals surface area contributed by atoms with Crippen LogP contribution in [0.2, 0.25) is 0 Å². The molecule has 1 N–H and O–H groups in total. The van der Waals surface area contributed by atoms with Gasteiger partial charge in [-0.3, -0.25) is 9.69 Å². The molecule has 3 nitrogen and oxygen atoms in total. The summed E-state index contributed by atoms with van der Waals surface area (Å²) in [5.41, 5.74) is 2.25. The molecule has 0 radical (unpaired) electrons. The van der Waals surface area contributed by atoms with Crippen molar-refractivity contribution in [3.05, 3.63) is 57.5 Å². The maximum Gasteiger partial charge on any atom is 0.237 e. The van der Waals surface area contributed by atoms with E-state index < -0.39 is 0 Å². The lowest BCUT2D eigenvalue weighted by Crippen LogP contribution is -2.48. The average Bonchev–Trinajstić information content (AvgIpc) is 3.04. The molecule has 128 valence electrons. The van der Waals surface area contributed by atoms with E-state index >= 15 is 0 Å². The molecule has 3 atom stereocenters. The minimum absolute atomic E-state index is 0.0114. The molecule has 0 spiro atoms. The Hall–Kier alpha value is -1.72. The Morgan fingerprint density at radius 1 is 1.29 bits per heavy atom. The summed E-state index contributed by atoms with van der Waals surface area (Å²) >= 11 is 1.80. The first-order valence-electron chi connectivity index (χ1n) is 8.35. The number of benzene rings is 1. The number of hydrogen-bond donors (Lipinski definition) is 1. The predicted octanol–water partition coefficient (Wildman–Crippen LogP) is 4.07. The molecule has 0 fully saturated rings. The monoisotopic (exact) mass is 346 g/mol. The summed E-state index contributed by atoms with van der Waals surface area (Å²) in [4.78, 5) is 16.4. The highest BCUT2D eigenvalue weighted by Crippen LogP contribution is 2.34. The van der Waals surface area contributed by atoms with Gasteiger partial charge >= 0.3 is 0 Å². The van der Waals surface area contributed by atoms with E-state index in [0.29, 0.717) is 0 Å². The fourth-order valence-electron chi connectivity index (χ4n) is 3.38. The van der Waals surface area contributed by atoms with E-state index in [0.717, 1.165) is 18.5 Å². The number of amides is 1. The molecule has 1 amide bonds. The van der Waals surface area contributed by atoms with Crippen LogP contribution in [-0.2, 0) is 11.2 Å². The van der Waals surface area contributed by atoms with Crippen LogP contribution in [0.4, 0.5) is 4.39 Å². The van der Waals surface area contributed by atoms with Crippen molar-refractivity contribution in [1.82, 2.24) is 10.2 Å². The van der Waals surface area contributed by atoms with Gasteiger partial charge in [-0.15, -0.1) is 11.3 Å². The number of carbonyl (C=O) groups excluding carboxylic acids is 1. The highest BCUT2D eigenvalue weighted by Gasteiger charge is 2.31. The van der Waals surface area contributed by atoms with Gasteiger partial charge in [0, 0.05) is 17.5 Å². The quantitative estimate of drug-likeness (QED) is 0.905. The number of fused-ring (bicyclic) bond motifs is 1. The van der Waals surface area contributed by atoms with Crippen molar-refractivity contribution in [3.63, 3.8) is 0 Å². The van der Waals surface area contributed by atoms with Crippen LogP contribution in [0.25, 0.3) is 0 Å². The number of rotatable bonds is 4. The molecule has 1 aromatic carbocycles. The van der Waals surface area contributed by atoms with Crippen molar-refractivity contribution in [2.75, 3.05) is 6.54 Å². The molecule has 1 aromatic heterocycles. The van der Waals surface area contributed by atoms with Gasteiger partial charge in [0.2, 0.25) is 5.91 Å². The standard InChI is InChI=1S/C19H23FN2OS/c1-12(15-4-6-16(20)7-5-15)21-19(23)14(3)22-10-8-18-17(13(22)2)9-11-24-18/h4-7,9,11-14H,8,10H2,1-3H3,(H,21,23)/t12-,13-,14+/m0/s1. The summed E-state index contributed by atoms with van der Waals surface area (Å²) < 4.78 is 13.0. The number of hydrogen-bond acceptors (Lipinski definition) is 3. The van der Waals surface area contributed by atoms with Gasteiger partial charge in [0.25, 0.3) is 0 Å². The Morgan fingerprint density at radius 3 is 2.71 bits per heavy atom. The van der Waals surface area contributed by atoms with Gasteiger partial charge in [0.15, 0.2) is 0 Å². The molecule has 0 saturated carbocycles. The van der Waals surface area contributed by atoms with Gasteiger partial charge in [-0.25, -0.2) is 4.39 Å². The molecular formula is C19H23FN2OS. The summed E-state index contributed by atoms with van der Waals surface area (Å²) in [6.45, 7) is 6.95. The van der Waals surface area contributed by atoms with Crippen LogP contribution in [0, 0.1) is 5.82 Å². The lowest BCUT2D eigenvalue weighted by Gasteiger charge is -2.37. The molecule has 1 aliphatic rings. The van der Waals surface area contributed by atoms with Crippen molar-refractivity contribution in [2.24, 2.45) is 0 Å². The van der Waals surface area contributed by atoms with E-state index in [1.165, 1.54) is 22.6 Å². The summed E-state index contributed by atoms with van der Waals surface area (Å²) in [5, 5.41) is 5.18. The summed E-state index contributed by atoms with van der Waals surface area (Å²) in [7, 11) is 0. The third kappa shape index (κ3) is 3.37. The zero-order valence-electron chi connectivity index (χ0n) is 14.3. The Balaban J connectivity index is 1.65. The molecule has 2 heterocycles. The number of halogens is 1. The number of nitrogens with one attached hydrogen (secondary N) is 1. The second-order valence-electron chi connectivity index (χ2n) is 6.42. The fraction of sp³-hybridized carbons (Fsp3) is 0.421. The largest absolute Gasteiger partial charge is 0.348 e. The van der Waals surface area contributed by atoms with E-state index in [4.69, 9.17) is 0 Å². The van der Waals surface area contributed by atoms with E-state index in [1.54, 1.807) is 23.5 Å². The van der Waals surface area contributed by atoms with Gasteiger partial charge in [-0.05, 0) is 61.9 Å². The molecule has 3 rings (SSSR count). The predicted molar refractivity (Wildman–Crippen MR) is 95.6 cm³/mol. The topological polar surface area (TPSA) is 32.3 Å². The minimum atomic E-state index is -0.264. The second kappa shape index (κ2) is 7.03. The van der Waals surface area contributed by atoms with Crippen LogP contribution in [0.15, 0.2) is 35.7 Å². The van der Waals surface area contributed by atoms with Gasteiger partial charge < -0.3 is 5.32 Å². The number of thiophene rings is 1. The summed E-state index contributed by atoms with van der Waals surface area (Å²) in [6.07, 6.45) is 1.00. The molecule has 1 aliphatic heterocycles. The van der Waals surface area contributed by atoms with E-state index in [1.807, 2.05) is 13.8 Å². The third-order valence-corrected chi connectivity index (χ3v) is 5.93. The van der Waals surface area contributed by atoms with Crippen LogP contribution < -0.4 is 5.32 Å². The van der Waals surface area contributed by atoms with E-state index in [9.17, 15) is 9.18 Å². The van der Waals surface area contributed by atoms with Gasteiger partial charge in [-0.2, -0.15) is 0 Å². The molecule has 24 heavy (non-hydrogen) atoms. The number of nitrogens with zero attached hydrogens (tertiary/aromatic N) is 1. The van der Waals surface area contributed by atoms with Crippen molar-refractivity contribution in [3.8, 4) is 0 Å². The molecule has 0 bridgehead atoms. The lowest BCUT2D eigenvalue weighted by atomic mass is 9.99. The average molecular weight is 346 g/mol. The molecule has 2 aromatic rings. The van der Waals surface area contributed by atoms with Crippen LogP contribution in [-0.4, -0.2) is 23.4 Å². The van der Waals surface area contributed by atoms with Gasteiger partial charge in [0.05, 0.1) is 12.1 Å². The van der Waals surface area contributed by atoms with Gasteiger partial charge in [0.1, 0.15) is 5.82 Å². The van der Waals surface area contributed by atoms with Crippen LogP contribution >= 0.6 is 11.3 Å². The van der Waals surface area contributed by atoms with Crippen LogP contribution in [0.1, 0.15) is 48.9 Å². The lowest BCUT2D eigenvalue weighted by molar-refractivity contribution is -0.127. The maximum absolute atomic E-state index is 13.0. The second-order valence-corrected chi connectivity index (χ2v) is 7.42. The molecule has 5 heteroatoms. The smallest absolute Gasteiger partial charge is 0.237 e. The normalized spacial score (nSPS) is 20.2. The SMILES string of the molecule is C[C@H](NC(=O)[C@@H](C)N1CCc2sccc2[C@@H]1C)c1ccc(F)cc1. The van der Waals surface area contributed by atoms with Crippen molar-refractivity contribution < 1.29 is 9.18 Å². The Morgan fingerprint density at radius 2 is 2.00 bits per heavy atom. The highest BCUT2D eigenvalue weighted by molar-refractivity contribution is 7.10. The zero-order chi connectivity index (χ0) is 17.3. The first-order valence-corrected chi connectivity index (χ1v) is 9.23.